The van der Waals surface area contributed by atoms with E-state index in [9.17, 15) is 0 Å². The molecule has 234 valence electrons. The Morgan fingerprint density at radius 3 is 1.74 bits per heavy atom. The highest BCUT2D eigenvalue weighted by Crippen LogP contribution is 2.51. The smallest absolute Gasteiger partial charge is 0.0547 e. The normalized spacial score (nSPS) is 11.6. The third kappa shape index (κ3) is 4.53. The number of nitrogens with zero attached hydrogens (tertiary/aromatic N) is 1. The van der Waals surface area contributed by atoms with E-state index in [1.54, 1.807) is 0 Å². The van der Waals surface area contributed by atoms with Gasteiger partial charge in [0.05, 0.1) is 17.1 Å². The molecule has 1 heterocycles. The van der Waals surface area contributed by atoms with Crippen molar-refractivity contribution in [1.82, 2.24) is 0 Å². The molecule has 0 atom stereocenters. The second kappa shape index (κ2) is 11.7. The van der Waals surface area contributed by atoms with Gasteiger partial charge in [-0.2, -0.15) is 0 Å². The van der Waals surface area contributed by atoms with Gasteiger partial charge in [0.25, 0.3) is 0 Å². The summed E-state index contributed by atoms with van der Waals surface area (Å²) in [5.74, 6) is 0. The van der Waals surface area contributed by atoms with Crippen LogP contribution in [0.1, 0.15) is 0 Å². The fourth-order valence-corrected chi connectivity index (χ4v) is 9.07. The van der Waals surface area contributed by atoms with Crippen molar-refractivity contribution in [3.05, 3.63) is 188 Å². The zero-order valence-electron chi connectivity index (χ0n) is 27.3. The Balaban J connectivity index is 1.35. The van der Waals surface area contributed by atoms with Crippen LogP contribution in [0.2, 0.25) is 0 Å². The number of anilines is 3. The highest BCUT2D eigenvalue weighted by molar-refractivity contribution is 7.26. The van der Waals surface area contributed by atoms with E-state index in [4.69, 9.17) is 0 Å². The average Bonchev–Trinajstić information content (AvgIpc) is 3.58. The molecule has 2 heteroatoms. The summed E-state index contributed by atoms with van der Waals surface area (Å²) in [6.45, 7) is 0. The lowest BCUT2D eigenvalue weighted by atomic mass is 9.93. The van der Waals surface area contributed by atoms with Crippen molar-refractivity contribution in [2.75, 3.05) is 4.90 Å². The molecule has 0 radical (unpaired) electrons. The molecule has 0 aliphatic heterocycles. The summed E-state index contributed by atoms with van der Waals surface area (Å²) in [6, 6.07) is 68.7. The van der Waals surface area contributed by atoms with E-state index >= 15 is 0 Å². The Hall–Kier alpha value is -6.22. The molecule has 0 N–H and O–H groups in total. The first kappa shape index (κ1) is 28.8. The number of para-hydroxylation sites is 1. The van der Waals surface area contributed by atoms with E-state index < -0.39 is 0 Å². The van der Waals surface area contributed by atoms with Gasteiger partial charge in [-0.15, -0.1) is 11.3 Å². The lowest BCUT2D eigenvalue weighted by Crippen LogP contribution is -2.12. The third-order valence-corrected chi connectivity index (χ3v) is 11.2. The molecule has 1 aromatic heterocycles. The molecular weight excluding hydrogens is 623 g/mol. The maximum absolute atomic E-state index is 2.51. The standard InChI is InChI=1S/C48H31NS/c1-2-15-33(16-3-1)36-23-10-11-28-43(36)49(44-29-13-20-34-18-5-7-22-37(34)44)45-31-42-47-40(38-26-12-19-32-17-4-6-21-35(32)38)27-14-30-46(47)50-48(42)41-25-9-8-24-39(41)45/h1-31H. The van der Waals surface area contributed by atoms with Gasteiger partial charge in [-0.25, -0.2) is 0 Å². The van der Waals surface area contributed by atoms with Crippen LogP contribution in [-0.2, 0) is 0 Å². The zero-order valence-corrected chi connectivity index (χ0v) is 28.1. The van der Waals surface area contributed by atoms with Crippen LogP contribution in [-0.4, -0.2) is 0 Å². The van der Waals surface area contributed by atoms with Crippen molar-refractivity contribution in [3.63, 3.8) is 0 Å². The first-order chi connectivity index (χ1) is 24.8. The molecule has 0 aliphatic rings. The maximum atomic E-state index is 2.51. The molecule has 10 rings (SSSR count). The Kier molecular flexibility index (Phi) is 6.75. The van der Waals surface area contributed by atoms with Crippen LogP contribution in [0.4, 0.5) is 17.1 Å². The van der Waals surface area contributed by atoms with E-state index in [2.05, 4.69) is 193 Å². The van der Waals surface area contributed by atoms with Crippen LogP contribution in [0.5, 0.6) is 0 Å². The van der Waals surface area contributed by atoms with Crippen LogP contribution in [0.15, 0.2) is 188 Å². The lowest BCUT2D eigenvalue weighted by Gasteiger charge is -2.30. The summed E-state index contributed by atoms with van der Waals surface area (Å²) in [5, 5.41) is 10.1. The predicted molar refractivity (Wildman–Crippen MR) is 217 cm³/mol. The molecule has 1 nitrogen and oxygen atoms in total. The molecule has 0 amide bonds. The van der Waals surface area contributed by atoms with Crippen LogP contribution in [0.25, 0.3) is 74.7 Å². The molecule has 0 spiro atoms. The highest BCUT2D eigenvalue weighted by Gasteiger charge is 2.24. The van der Waals surface area contributed by atoms with E-state index in [0.29, 0.717) is 0 Å². The average molecular weight is 654 g/mol. The largest absolute Gasteiger partial charge is 0.309 e. The summed E-state index contributed by atoms with van der Waals surface area (Å²) < 4.78 is 2.62. The van der Waals surface area contributed by atoms with Gasteiger partial charge in [0.1, 0.15) is 0 Å². The van der Waals surface area contributed by atoms with Gasteiger partial charge < -0.3 is 4.90 Å². The quantitative estimate of drug-likeness (QED) is 0.179. The molecule has 0 fully saturated rings. The van der Waals surface area contributed by atoms with Crippen LogP contribution in [0.3, 0.4) is 0 Å². The number of benzene rings is 9. The summed E-state index contributed by atoms with van der Waals surface area (Å²) in [4.78, 5) is 2.51. The van der Waals surface area contributed by atoms with Crippen LogP contribution >= 0.6 is 11.3 Å². The molecule has 0 unspecified atom stereocenters. The monoisotopic (exact) mass is 653 g/mol. The summed E-state index contributed by atoms with van der Waals surface area (Å²) in [7, 11) is 0. The van der Waals surface area contributed by atoms with Crippen molar-refractivity contribution in [2.24, 2.45) is 0 Å². The molecule has 0 saturated heterocycles. The van der Waals surface area contributed by atoms with E-state index in [1.807, 2.05) is 11.3 Å². The number of hydrogen-bond donors (Lipinski definition) is 0. The fraction of sp³-hybridized carbons (Fsp3) is 0. The third-order valence-electron chi connectivity index (χ3n) is 10.0. The van der Waals surface area contributed by atoms with Crippen molar-refractivity contribution in [1.29, 1.82) is 0 Å². The Bertz CT molecular complexity index is 2870. The van der Waals surface area contributed by atoms with Gasteiger partial charge >= 0.3 is 0 Å². The zero-order chi connectivity index (χ0) is 33.0. The van der Waals surface area contributed by atoms with Crippen molar-refractivity contribution >= 4 is 80.9 Å². The Morgan fingerprint density at radius 1 is 0.340 bits per heavy atom. The van der Waals surface area contributed by atoms with E-state index in [1.165, 1.54) is 80.4 Å². The van der Waals surface area contributed by atoms with E-state index in [0.717, 1.165) is 11.4 Å². The number of fused-ring (bicyclic) bond motifs is 7. The second-order valence-corrected chi connectivity index (χ2v) is 13.9. The first-order valence-corrected chi connectivity index (χ1v) is 17.9. The lowest BCUT2D eigenvalue weighted by molar-refractivity contribution is 1.32. The molecule has 10 aromatic rings. The van der Waals surface area contributed by atoms with Gasteiger partial charge in [0.15, 0.2) is 0 Å². The number of thiophene rings is 1. The van der Waals surface area contributed by atoms with Crippen LogP contribution in [0, 0.1) is 0 Å². The Labute approximate surface area is 294 Å². The first-order valence-electron chi connectivity index (χ1n) is 17.1. The molecule has 0 saturated carbocycles. The minimum atomic E-state index is 1.15. The van der Waals surface area contributed by atoms with Crippen molar-refractivity contribution < 1.29 is 0 Å². The molecular formula is C48H31NS. The summed E-state index contributed by atoms with van der Waals surface area (Å²) in [6.07, 6.45) is 0. The minimum Gasteiger partial charge on any atom is -0.309 e. The van der Waals surface area contributed by atoms with E-state index in [-0.39, 0.29) is 0 Å². The van der Waals surface area contributed by atoms with Crippen molar-refractivity contribution in [2.45, 2.75) is 0 Å². The fourth-order valence-electron chi connectivity index (χ4n) is 7.82. The highest BCUT2D eigenvalue weighted by atomic mass is 32.1. The molecule has 9 aromatic carbocycles. The van der Waals surface area contributed by atoms with Gasteiger partial charge in [-0.05, 0) is 57.1 Å². The van der Waals surface area contributed by atoms with Crippen LogP contribution < -0.4 is 4.90 Å². The van der Waals surface area contributed by atoms with Gasteiger partial charge in [0.2, 0.25) is 0 Å². The number of hydrogen-bond acceptors (Lipinski definition) is 2. The topological polar surface area (TPSA) is 3.24 Å². The maximum Gasteiger partial charge on any atom is 0.0547 e. The summed E-state index contributed by atoms with van der Waals surface area (Å²) in [5.41, 5.74) is 8.39. The van der Waals surface area contributed by atoms with Crippen molar-refractivity contribution in [3.8, 4) is 22.3 Å². The van der Waals surface area contributed by atoms with Gasteiger partial charge in [-0.1, -0.05) is 164 Å². The minimum absolute atomic E-state index is 1.15. The number of rotatable bonds is 5. The van der Waals surface area contributed by atoms with Gasteiger partial charge in [-0.3, -0.25) is 0 Å². The molecule has 0 aliphatic carbocycles. The molecule has 50 heavy (non-hydrogen) atoms. The Morgan fingerprint density at radius 2 is 0.900 bits per heavy atom. The SMILES string of the molecule is c1ccc(-c2ccccc2N(c2cccc3ccccc23)c2cc3c(sc4cccc(-c5cccc6ccccc56)c43)c3ccccc23)cc1. The van der Waals surface area contributed by atoms with Gasteiger partial charge in [0, 0.05) is 41.9 Å². The predicted octanol–water partition coefficient (Wildman–Crippen LogP) is 14.3. The molecule has 0 bridgehead atoms. The second-order valence-electron chi connectivity index (χ2n) is 12.8. The summed E-state index contributed by atoms with van der Waals surface area (Å²) >= 11 is 1.90.